The van der Waals surface area contributed by atoms with E-state index in [4.69, 9.17) is 5.11 Å². The van der Waals surface area contributed by atoms with Crippen LogP contribution in [0.2, 0.25) is 0 Å². The molecule has 0 rings (SSSR count). The summed E-state index contributed by atoms with van der Waals surface area (Å²) in [6.07, 6.45) is 4.01. The van der Waals surface area contributed by atoms with Gasteiger partial charge in [0.25, 0.3) is 0 Å². The first-order chi connectivity index (χ1) is 6.13. The molecule has 76 valence electrons. The highest BCUT2D eigenvalue weighted by Crippen LogP contribution is 2.01. The fourth-order valence-corrected chi connectivity index (χ4v) is 1.15. The summed E-state index contributed by atoms with van der Waals surface area (Å²) in [4.78, 5) is 10.1. The van der Waals surface area contributed by atoms with Gasteiger partial charge in [-0.15, -0.1) is 0 Å². The van der Waals surface area contributed by atoms with E-state index in [0.717, 1.165) is 32.2 Å². The third kappa shape index (κ3) is 11.6. The van der Waals surface area contributed by atoms with Crippen molar-refractivity contribution >= 4 is 35.1 Å². The summed E-state index contributed by atoms with van der Waals surface area (Å²) < 4.78 is 0.408. The number of nitrogens with one attached hydrogen (secondary N) is 1. The molecular formula is C8H14NO2S2-. The standard InChI is InChI=1S/C8H15NO2S2/c10-7(11)5-3-1-2-4-6-9-8(12)13/h1-6H2,(H,10,11)(H2,9,12,13)/p-1. The fraction of sp³-hybridized carbons (Fsp3) is 0.750. The van der Waals surface area contributed by atoms with Crippen LogP contribution < -0.4 is 5.32 Å². The molecular weight excluding hydrogens is 206 g/mol. The Morgan fingerprint density at radius 3 is 2.46 bits per heavy atom. The molecule has 13 heavy (non-hydrogen) atoms. The second-order valence-electron chi connectivity index (χ2n) is 2.77. The average Bonchev–Trinajstić information content (AvgIpc) is 2.01. The van der Waals surface area contributed by atoms with Crippen molar-refractivity contribution in [3.63, 3.8) is 0 Å². The van der Waals surface area contributed by atoms with E-state index in [2.05, 4.69) is 30.2 Å². The molecule has 0 saturated carbocycles. The minimum absolute atomic E-state index is 0.271. The van der Waals surface area contributed by atoms with Gasteiger partial charge < -0.3 is 35.3 Å². The van der Waals surface area contributed by atoms with Crippen LogP contribution in [0.25, 0.3) is 0 Å². The van der Waals surface area contributed by atoms with Gasteiger partial charge in [0.1, 0.15) is 0 Å². The Labute approximate surface area is 89.3 Å². The monoisotopic (exact) mass is 220 g/mol. The summed E-state index contributed by atoms with van der Waals surface area (Å²) in [7, 11) is 0. The van der Waals surface area contributed by atoms with Crippen molar-refractivity contribution in [1.29, 1.82) is 0 Å². The molecule has 0 heterocycles. The zero-order valence-electron chi connectivity index (χ0n) is 7.41. The van der Waals surface area contributed by atoms with Crippen LogP contribution in [-0.2, 0) is 17.4 Å². The van der Waals surface area contributed by atoms with Crippen LogP contribution in [0.4, 0.5) is 0 Å². The fourth-order valence-electron chi connectivity index (χ4n) is 0.945. The second-order valence-corrected chi connectivity index (χ2v) is 3.85. The maximum atomic E-state index is 10.1. The van der Waals surface area contributed by atoms with E-state index >= 15 is 0 Å². The highest BCUT2D eigenvalue weighted by Gasteiger charge is 1.95. The molecule has 0 aromatic carbocycles. The van der Waals surface area contributed by atoms with Crippen LogP contribution >= 0.6 is 12.2 Å². The SMILES string of the molecule is O=C(O)CCCCCCNC(=S)[S-]. The Balaban J connectivity index is 3.00. The summed E-state index contributed by atoms with van der Waals surface area (Å²) in [5.74, 6) is -0.718. The topological polar surface area (TPSA) is 49.3 Å². The summed E-state index contributed by atoms with van der Waals surface area (Å²) in [5, 5.41) is 11.2. The summed E-state index contributed by atoms with van der Waals surface area (Å²) in [6, 6.07) is 0. The van der Waals surface area contributed by atoms with Crippen molar-refractivity contribution in [1.82, 2.24) is 5.32 Å². The zero-order chi connectivity index (χ0) is 10.1. The molecule has 3 nitrogen and oxygen atoms in total. The van der Waals surface area contributed by atoms with Crippen LogP contribution in [0.1, 0.15) is 32.1 Å². The average molecular weight is 220 g/mol. The first-order valence-corrected chi connectivity index (χ1v) is 5.11. The van der Waals surface area contributed by atoms with Gasteiger partial charge in [-0.1, -0.05) is 17.2 Å². The Morgan fingerprint density at radius 2 is 1.92 bits per heavy atom. The molecule has 0 fully saturated rings. The highest BCUT2D eigenvalue weighted by molar-refractivity contribution is 8.00. The van der Waals surface area contributed by atoms with Gasteiger partial charge in [0.15, 0.2) is 0 Å². The van der Waals surface area contributed by atoms with Gasteiger partial charge in [-0.25, -0.2) is 0 Å². The lowest BCUT2D eigenvalue weighted by Crippen LogP contribution is -2.19. The van der Waals surface area contributed by atoms with Crippen LogP contribution in [0, 0.1) is 0 Å². The molecule has 0 atom stereocenters. The predicted molar refractivity (Wildman–Crippen MR) is 58.7 cm³/mol. The number of unbranched alkanes of at least 4 members (excludes halogenated alkanes) is 3. The number of carboxylic acid groups (broad SMARTS) is 1. The molecule has 0 unspecified atom stereocenters. The van der Waals surface area contributed by atoms with Gasteiger partial charge in [0.05, 0.1) is 0 Å². The Kier molecular flexibility index (Phi) is 7.93. The molecule has 0 amide bonds. The normalized spacial score (nSPS) is 9.54. The van der Waals surface area contributed by atoms with E-state index in [1.165, 1.54) is 0 Å². The van der Waals surface area contributed by atoms with Crippen molar-refractivity contribution in [3.8, 4) is 0 Å². The lowest BCUT2D eigenvalue weighted by atomic mass is 10.1. The predicted octanol–water partition coefficient (Wildman–Crippen LogP) is 1.44. The number of rotatable bonds is 7. The minimum atomic E-state index is -0.718. The van der Waals surface area contributed by atoms with Gasteiger partial charge in [0.2, 0.25) is 0 Å². The summed E-state index contributed by atoms with van der Waals surface area (Å²) >= 11 is 9.31. The Bertz CT molecular complexity index is 156. The molecule has 0 aliphatic rings. The van der Waals surface area contributed by atoms with Gasteiger partial charge in [-0.3, -0.25) is 4.79 Å². The second kappa shape index (κ2) is 8.19. The third-order valence-corrected chi connectivity index (χ3v) is 1.88. The van der Waals surface area contributed by atoms with Crippen molar-refractivity contribution < 1.29 is 9.90 Å². The molecule has 0 aliphatic heterocycles. The molecule has 5 heteroatoms. The van der Waals surface area contributed by atoms with E-state index in [1.807, 2.05) is 0 Å². The molecule has 2 N–H and O–H groups in total. The maximum Gasteiger partial charge on any atom is 0.303 e. The lowest BCUT2D eigenvalue weighted by Gasteiger charge is -2.08. The Morgan fingerprint density at radius 1 is 1.31 bits per heavy atom. The van der Waals surface area contributed by atoms with E-state index in [9.17, 15) is 4.79 Å². The lowest BCUT2D eigenvalue weighted by molar-refractivity contribution is -0.137. The third-order valence-electron chi connectivity index (χ3n) is 1.59. The summed E-state index contributed by atoms with van der Waals surface area (Å²) in [5.41, 5.74) is 0. The maximum absolute atomic E-state index is 10.1. The summed E-state index contributed by atoms with van der Waals surface area (Å²) in [6.45, 7) is 0.801. The van der Waals surface area contributed by atoms with Crippen LogP contribution in [-0.4, -0.2) is 21.9 Å². The first kappa shape index (κ1) is 12.6. The van der Waals surface area contributed by atoms with Gasteiger partial charge in [-0.05, 0) is 12.8 Å². The largest absolute Gasteiger partial charge is 0.481 e. The van der Waals surface area contributed by atoms with E-state index in [1.54, 1.807) is 0 Å². The van der Waals surface area contributed by atoms with Gasteiger partial charge in [-0.2, -0.15) is 0 Å². The number of carboxylic acids is 1. The molecule has 0 aliphatic carbocycles. The molecule has 0 aromatic rings. The number of thiocarbonyl (C=S) groups is 1. The quantitative estimate of drug-likeness (QED) is 0.386. The van der Waals surface area contributed by atoms with E-state index in [0.29, 0.717) is 4.32 Å². The van der Waals surface area contributed by atoms with Crippen molar-refractivity contribution in [2.75, 3.05) is 6.54 Å². The van der Waals surface area contributed by atoms with Gasteiger partial charge in [0, 0.05) is 13.0 Å². The minimum Gasteiger partial charge on any atom is -0.481 e. The van der Waals surface area contributed by atoms with Crippen LogP contribution in [0.15, 0.2) is 0 Å². The Hall–Kier alpha value is -0.420. The molecule has 0 radical (unpaired) electrons. The molecule has 0 aromatic heterocycles. The van der Waals surface area contributed by atoms with E-state index < -0.39 is 5.97 Å². The van der Waals surface area contributed by atoms with Crippen molar-refractivity contribution in [2.45, 2.75) is 32.1 Å². The van der Waals surface area contributed by atoms with E-state index in [-0.39, 0.29) is 6.42 Å². The van der Waals surface area contributed by atoms with Crippen molar-refractivity contribution in [2.24, 2.45) is 0 Å². The van der Waals surface area contributed by atoms with Crippen LogP contribution in [0.5, 0.6) is 0 Å². The van der Waals surface area contributed by atoms with Crippen LogP contribution in [0.3, 0.4) is 0 Å². The highest BCUT2D eigenvalue weighted by atomic mass is 32.1. The number of hydrogen-bond donors (Lipinski definition) is 2. The molecule has 0 bridgehead atoms. The van der Waals surface area contributed by atoms with Gasteiger partial charge >= 0.3 is 5.97 Å². The number of carbonyl (C=O) groups is 1. The first-order valence-electron chi connectivity index (χ1n) is 4.29. The molecule has 0 spiro atoms. The number of aliphatic carboxylic acids is 1. The van der Waals surface area contributed by atoms with Crippen molar-refractivity contribution in [3.05, 3.63) is 0 Å². The zero-order valence-corrected chi connectivity index (χ0v) is 9.05. The smallest absolute Gasteiger partial charge is 0.303 e. The number of hydrogen-bond acceptors (Lipinski definition) is 3. The molecule has 0 saturated heterocycles.